The van der Waals surface area contributed by atoms with Crippen molar-refractivity contribution < 1.29 is 9.59 Å². The maximum absolute atomic E-state index is 10.8. The number of ketones is 1. The van der Waals surface area contributed by atoms with Crippen LogP contribution in [0.1, 0.15) is 131 Å². The molecule has 2 N–H and O–H groups in total. The number of Topliss-reactive ketones (excluding diaryl/α,β-unsaturated/α-hetero) is 1. The first-order valence-corrected chi connectivity index (χ1v) is 34.7. The maximum Gasteiger partial charge on any atom is 0.225 e. The van der Waals surface area contributed by atoms with Crippen LogP contribution in [0.15, 0.2) is 392 Å². The van der Waals surface area contributed by atoms with Crippen LogP contribution >= 0.6 is 8.88 Å². The number of rotatable bonds is 19. The lowest BCUT2D eigenvalue weighted by molar-refractivity contribution is -0.104. The molecule has 8 heteroatoms. The number of hydrogen-bond donors (Lipinski definition) is 1. The highest BCUT2D eigenvalue weighted by Gasteiger charge is 2.35. The Bertz CT molecular complexity index is 4470. The molecule has 101 heavy (non-hydrogen) atoms. The molecule has 0 saturated heterocycles. The first kappa shape index (κ1) is 72.0. The van der Waals surface area contributed by atoms with E-state index in [0.29, 0.717) is 20.7 Å². The van der Waals surface area contributed by atoms with E-state index < -0.39 is 5.78 Å². The van der Waals surface area contributed by atoms with E-state index >= 15 is 0 Å². The Morgan fingerprint density at radius 3 is 0.980 bits per heavy atom. The van der Waals surface area contributed by atoms with Crippen LogP contribution in [0, 0.1) is 20.8 Å². The molecule has 0 radical (unpaired) electrons. The van der Waals surface area contributed by atoms with Gasteiger partial charge in [0.05, 0.1) is 44.5 Å². The van der Waals surface area contributed by atoms with Crippen molar-refractivity contribution in [3.05, 3.63) is 471 Å². The highest BCUT2D eigenvalue weighted by Crippen LogP contribution is 2.53. The second kappa shape index (κ2) is 37.3. The summed E-state index contributed by atoms with van der Waals surface area (Å²) in [5.74, 6) is -0.468. The number of aldehydes is 1. The molecule has 0 aromatic heterocycles. The quantitative estimate of drug-likeness (QED) is 0.0286. The van der Waals surface area contributed by atoms with Crippen molar-refractivity contribution in [2.45, 2.75) is 58.4 Å². The lowest BCUT2D eigenvalue weighted by Gasteiger charge is -2.35. The van der Waals surface area contributed by atoms with Gasteiger partial charge in [-0.3, -0.25) is 19.6 Å². The molecule has 0 spiro atoms. The Hall–Kier alpha value is -11.7. The number of nitrogens with zero attached hydrogens (tertiary/aromatic N) is 4. The standard InChI is InChI=1S/C35H31N2P.C35H30N2.C13H13N.C9H8O2.CH4/c1-27-22-24-28(25-23-27)33-26-36(34(29-14-6-2-7-15-29)30-16-8-3-9-17-30)38-37(33)35(31-18-10-4-11-19-31)32-20-12-5-13-21-32;1-27-22-24-28(25-23-27)33(37-35(31-18-10-4-11-19-31)32-20-12-5-13-21-32)26-36-34(29-14-6-2-7-15-29)30-16-8-3-9-17-30;14-13(11-7-3-1-4-8-11)12-9-5-2-6-10-12;1-7-2-4-8(5-3-7)9(11)6-10;/h2-26,34-35,38H,1H3;2-26,34-35H,1H3;1-10,13H,14H2;2-6H,1H3;1H4. The number of aliphatic imine (C=N–C) groups is 2. The van der Waals surface area contributed by atoms with Crippen LogP contribution in [0.4, 0.5) is 0 Å². The van der Waals surface area contributed by atoms with Crippen LogP contribution in [-0.2, 0) is 4.79 Å². The van der Waals surface area contributed by atoms with E-state index in [-0.39, 0.29) is 37.6 Å². The zero-order valence-electron chi connectivity index (χ0n) is 56.6. The van der Waals surface area contributed by atoms with Gasteiger partial charge in [0.2, 0.25) is 5.78 Å². The fourth-order valence-electron chi connectivity index (χ4n) is 12.0. The van der Waals surface area contributed by atoms with Crippen LogP contribution in [-0.4, -0.2) is 33.3 Å². The van der Waals surface area contributed by atoms with Gasteiger partial charge in [0.1, 0.15) is 6.04 Å². The average molecular weight is 1340 g/mol. The minimum Gasteiger partial charge on any atom is -0.329 e. The Labute approximate surface area is 599 Å². The normalized spacial score (nSPS) is 12.0. The molecule has 500 valence electrons. The van der Waals surface area contributed by atoms with Gasteiger partial charge in [0.15, 0.2) is 6.29 Å². The summed E-state index contributed by atoms with van der Waals surface area (Å²) in [6.07, 6.45) is 4.66. The van der Waals surface area contributed by atoms with Gasteiger partial charge in [-0.15, -0.1) is 0 Å². The van der Waals surface area contributed by atoms with Gasteiger partial charge in [0, 0.05) is 23.5 Å². The molecule has 1 heterocycles. The summed E-state index contributed by atoms with van der Waals surface area (Å²) >= 11 is 0. The molecule has 1 aliphatic heterocycles. The fourth-order valence-corrected chi connectivity index (χ4v) is 13.5. The highest BCUT2D eigenvalue weighted by atomic mass is 31.1. The summed E-state index contributed by atoms with van der Waals surface area (Å²) in [7, 11) is 0.431. The first-order chi connectivity index (χ1) is 49.2. The highest BCUT2D eigenvalue weighted by molar-refractivity contribution is 7.33. The summed E-state index contributed by atoms with van der Waals surface area (Å²) in [6.45, 7) is 6.18. The van der Waals surface area contributed by atoms with Crippen molar-refractivity contribution in [3.63, 3.8) is 0 Å². The molecule has 1 atom stereocenters. The molecule has 1 aliphatic rings. The van der Waals surface area contributed by atoms with Crippen molar-refractivity contribution >= 4 is 38.6 Å². The number of carbonyl (C=O) groups excluding carboxylic acids is 2. The van der Waals surface area contributed by atoms with Gasteiger partial charge in [0.25, 0.3) is 0 Å². The number of carbonyl (C=O) groups is 2. The summed E-state index contributed by atoms with van der Waals surface area (Å²) in [4.78, 5) is 31.3. The van der Waals surface area contributed by atoms with Crippen molar-refractivity contribution in [2.75, 3.05) is 0 Å². The predicted molar refractivity (Wildman–Crippen MR) is 423 cm³/mol. The van der Waals surface area contributed by atoms with Crippen LogP contribution in [0.5, 0.6) is 0 Å². The molecule has 7 nitrogen and oxygen atoms in total. The molecular weight excluding hydrogens is 1250 g/mol. The van der Waals surface area contributed by atoms with E-state index in [0.717, 1.165) is 50.2 Å². The SMILES string of the molecule is C.Cc1ccc(C(=O)C=O)cc1.Cc1ccc(C(C=NC(c2ccccc2)c2ccccc2)=NC(c2ccccc2)c2ccccc2)cc1.Cc1ccc(C2=CN(C(c3ccccc3)c3ccccc3)PN2C(c2ccccc2)c2ccccc2)cc1.NC(c1ccccc1)c1ccccc1. The molecule has 0 amide bonds. The third kappa shape index (κ3) is 20.0. The summed E-state index contributed by atoms with van der Waals surface area (Å²) in [6, 6.07) is 130. The van der Waals surface area contributed by atoms with E-state index in [1.165, 1.54) is 44.6 Å². The van der Waals surface area contributed by atoms with E-state index in [9.17, 15) is 9.59 Å². The van der Waals surface area contributed by atoms with E-state index in [2.05, 4.69) is 321 Å². The lowest BCUT2D eigenvalue weighted by Crippen LogP contribution is -2.21. The van der Waals surface area contributed by atoms with Crippen molar-refractivity contribution in [2.24, 2.45) is 15.7 Å². The molecule has 0 fully saturated rings. The van der Waals surface area contributed by atoms with Gasteiger partial charge in [-0.25, -0.2) is 0 Å². The summed E-state index contributed by atoms with van der Waals surface area (Å²) < 4.78 is 5.12. The monoisotopic (exact) mass is 1340 g/mol. The summed E-state index contributed by atoms with van der Waals surface area (Å²) in [5, 5.41) is 0. The number of benzene rings is 13. The van der Waals surface area contributed by atoms with E-state index in [1.54, 1.807) is 24.3 Å². The van der Waals surface area contributed by atoms with Crippen LogP contribution in [0.3, 0.4) is 0 Å². The van der Waals surface area contributed by atoms with Crippen molar-refractivity contribution in [1.82, 2.24) is 9.34 Å². The average Bonchev–Trinajstić information content (AvgIpc) is 1.63. The number of aryl methyl sites for hydroxylation is 3. The van der Waals surface area contributed by atoms with Gasteiger partial charge in [-0.2, -0.15) is 0 Å². The first-order valence-electron chi connectivity index (χ1n) is 33.8. The molecule has 13 aromatic rings. The van der Waals surface area contributed by atoms with Gasteiger partial charge < -0.3 is 15.1 Å². The third-order valence-corrected chi connectivity index (χ3v) is 18.6. The molecule has 0 aliphatic carbocycles. The molecule has 14 rings (SSSR count). The smallest absolute Gasteiger partial charge is 0.225 e. The predicted octanol–water partition coefficient (Wildman–Crippen LogP) is 22.2. The second-order valence-corrected chi connectivity index (χ2v) is 25.7. The van der Waals surface area contributed by atoms with Crippen LogP contribution < -0.4 is 5.73 Å². The second-order valence-electron chi connectivity index (χ2n) is 24.5. The largest absolute Gasteiger partial charge is 0.329 e. The van der Waals surface area contributed by atoms with Crippen molar-refractivity contribution in [1.29, 1.82) is 0 Å². The van der Waals surface area contributed by atoms with E-state index in [1.807, 2.05) is 73.8 Å². The third-order valence-electron chi connectivity index (χ3n) is 17.3. The fraction of sp³-hybridized carbons (Fsp3) is 0.0968. The molecule has 1 unspecified atom stereocenters. The number of nitrogens with two attached hydrogens (primary N) is 1. The Morgan fingerprint density at radius 1 is 0.356 bits per heavy atom. The zero-order chi connectivity index (χ0) is 69.1. The van der Waals surface area contributed by atoms with Crippen LogP contribution in [0.2, 0.25) is 0 Å². The Balaban J connectivity index is 0.000000162. The van der Waals surface area contributed by atoms with Crippen LogP contribution in [0.25, 0.3) is 5.70 Å². The minimum atomic E-state index is -0.468. The minimum absolute atomic E-state index is 0. The molecule has 0 bridgehead atoms. The number of hydrogen-bond acceptors (Lipinski definition) is 7. The lowest BCUT2D eigenvalue weighted by atomic mass is 9.97. The topological polar surface area (TPSA) is 91.4 Å². The van der Waals surface area contributed by atoms with E-state index in [4.69, 9.17) is 15.7 Å². The van der Waals surface area contributed by atoms with Gasteiger partial charge in [-0.1, -0.05) is 400 Å². The van der Waals surface area contributed by atoms with Gasteiger partial charge in [-0.05, 0) is 82.0 Å². The summed E-state index contributed by atoms with van der Waals surface area (Å²) in [5.41, 5.74) is 26.6. The Kier molecular flexibility index (Phi) is 26.6. The van der Waals surface area contributed by atoms with Crippen molar-refractivity contribution in [3.8, 4) is 0 Å². The zero-order valence-corrected chi connectivity index (χ0v) is 57.6. The Morgan fingerprint density at radius 2 is 0.644 bits per heavy atom. The maximum atomic E-state index is 10.8. The molecular formula is C93H86N5O2P. The molecule has 0 saturated carbocycles. The molecule has 13 aromatic carbocycles. The van der Waals surface area contributed by atoms with Gasteiger partial charge >= 0.3 is 0 Å².